The predicted molar refractivity (Wildman–Crippen MR) is 76.1 cm³/mol. The molecule has 0 saturated carbocycles. The van der Waals surface area contributed by atoms with E-state index in [2.05, 4.69) is 32.2 Å². The van der Waals surface area contributed by atoms with Crippen molar-refractivity contribution in [1.29, 1.82) is 0 Å². The van der Waals surface area contributed by atoms with E-state index in [1.807, 2.05) is 25.2 Å². The molecule has 0 amide bonds. The van der Waals surface area contributed by atoms with Crippen molar-refractivity contribution < 1.29 is 9.53 Å². The van der Waals surface area contributed by atoms with E-state index in [0.29, 0.717) is 13.0 Å². The molecule has 102 valence electrons. The van der Waals surface area contributed by atoms with Gasteiger partial charge in [0.25, 0.3) is 0 Å². The normalized spacial score (nSPS) is 14.3. The third kappa shape index (κ3) is 4.42. The van der Waals surface area contributed by atoms with E-state index in [4.69, 9.17) is 4.74 Å². The summed E-state index contributed by atoms with van der Waals surface area (Å²) in [6.45, 7) is 10.7. The quantitative estimate of drug-likeness (QED) is 0.805. The Balaban J connectivity index is 2.51. The Labute approximate surface area is 114 Å². The van der Waals surface area contributed by atoms with E-state index in [-0.39, 0.29) is 18.1 Å². The average molecular weight is 269 g/mol. The molecule has 2 atom stereocenters. The summed E-state index contributed by atoms with van der Waals surface area (Å²) in [4.78, 5) is 14.1. The zero-order chi connectivity index (χ0) is 13.7. The molecule has 0 spiro atoms. The van der Waals surface area contributed by atoms with Crippen LogP contribution in [0.2, 0.25) is 0 Å². The lowest BCUT2D eigenvalue weighted by Gasteiger charge is -2.19. The summed E-state index contributed by atoms with van der Waals surface area (Å²) in [6, 6.07) is 2.60. The first-order valence-electron chi connectivity index (χ1n) is 6.42. The summed E-state index contributed by atoms with van der Waals surface area (Å²) in [7, 11) is 0. The Morgan fingerprint density at radius 3 is 2.61 bits per heavy atom. The molecule has 3 nitrogen and oxygen atoms in total. The fourth-order valence-electron chi connectivity index (χ4n) is 2.13. The van der Waals surface area contributed by atoms with E-state index < -0.39 is 0 Å². The molecule has 4 heteroatoms. The second-order valence-electron chi connectivity index (χ2n) is 4.67. The second kappa shape index (κ2) is 6.90. The van der Waals surface area contributed by atoms with Gasteiger partial charge in [-0.2, -0.15) is 0 Å². The first-order chi connectivity index (χ1) is 8.43. The van der Waals surface area contributed by atoms with E-state index >= 15 is 0 Å². The van der Waals surface area contributed by atoms with Gasteiger partial charge in [-0.1, -0.05) is 0 Å². The van der Waals surface area contributed by atoms with Gasteiger partial charge in [-0.3, -0.25) is 4.79 Å². The van der Waals surface area contributed by atoms with Crippen molar-refractivity contribution >= 4 is 17.3 Å². The number of carbonyl (C=O) groups is 1. The van der Waals surface area contributed by atoms with Gasteiger partial charge in [-0.25, -0.2) is 0 Å². The van der Waals surface area contributed by atoms with Crippen molar-refractivity contribution in [2.24, 2.45) is 0 Å². The summed E-state index contributed by atoms with van der Waals surface area (Å²) < 4.78 is 4.95. The van der Waals surface area contributed by atoms with Gasteiger partial charge in [0.05, 0.1) is 13.0 Å². The van der Waals surface area contributed by atoms with Crippen molar-refractivity contribution in [3.05, 3.63) is 21.4 Å². The zero-order valence-electron chi connectivity index (χ0n) is 11.9. The van der Waals surface area contributed by atoms with Crippen LogP contribution in [0.4, 0.5) is 0 Å². The molecule has 0 radical (unpaired) electrons. The Morgan fingerprint density at radius 1 is 1.44 bits per heavy atom. The van der Waals surface area contributed by atoms with Gasteiger partial charge in [0, 0.05) is 21.8 Å². The largest absolute Gasteiger partial charge is 0.466 e. The minimum Gasteiger partial charge on any atom is -0.466 e. The van der Waals surface area contributed by atoms with Gasteiger partial charge in [0.1, 0.15) is 0 Å². The summed E-state index contributed by atoms with van der Waals surface area (Å²) in [5.41, 5.74) is 1.33. The van der Waals surface area contributed by atoms with Crippen LogP contribution in [0.3, 0.4) is 0 Å². The number of hydrogen-bond acceptors (Lipinski definition) is 4. The number of nitrogens with one attached hydrogen (secondary N) is 1. The summed E-state index contributed by atoms with van der Waals surface area (Å²) in [6.07, 6.45) is 0.417. The van der Waals surface area contributed by atoms with Crippen molar-refractivity contribution in [1.82, 2.24) is 5.32 Å². The Morgan fingerprint density at radius 2 is 2.11 bits per heavy atom. The summed E-state index contributed by atoms with van der Waals surface area (Å²) in [5, 5.41) is 3.45. The topological polar surface area (TPSA) is 38.3 Å². The van der Waals surface area contributed by atoms with Crippen LogP contribution in [0, 0.1) is 13.8 Å². The van der Waals surface area contributed by atoms with Crippen LogP contribution in [0.1, 0.15) is 48.6 Å². The van der Waals surface area contributed by atoms with Gasteiger partial charge in [0.15, 0.2) is 0 Å². The lowest BCUT2D eigenvalue weighted by atomic mass is 10.1. The van der Waals surface area contributed by atoms with Crippen molar-refractivity contribution in [2.45, 2.75) is 53.1 Å². The number of aryl methyl sites for hydroxylation is 2. The Hall–Kier alpha value is -0.870. The number of ether oxygens (including phenoxy) is 1. The van der Waals surface area contributed by atoms with E-state index in [1.54, 1.807) is 0 Å². The first-order valence-corrected chi connectivity index (χ1v) is 7.24. The fourth-order valence-corrected chi connectivity index (χ4v) is 3.15. The Bertz CT molecular complexity index is 400. The van der Waals surface area contributed by atoms with Crippen molar-refractivity contribution in [3.8, 4) is 0 Å². The number of carbonyl (C=O) groups excluding carboxylic acids is 1. The molecule has 0 aliphatic carbocycles. The SMILES string of the molecule is CCOC(=O)CC(C)NC(C)c1cc(C)sc1C. The highest BCUT2D eigenvalue weighted by molar-refractivity contribution is 7.12. The van der Waals surface area contributed by atoms with E-state index in [1.165, 1.54) is 15.3 Å². The average Bonchev–Trinajstić information content (AvgIpc) is 2.57. The van der Waals surface area contributed by atoms with Crippen LogP contribution in [0.5, 0.6) is 0 Å². The van der Waals surface area contributed by atoms with Crippen LogP contribution in [0.25, 0.3) is 0 Å². The fraction of sp³-hybridized carbons (Fsp3) is 0.643. The minimum absolute atomic E-state index is 0.124. The first kappa shape index (κ1) is 15.2. The van der Waals surface area contributed by atoms with Gasteiger partial charge < -0.3 is 10.1 Å². The molecule has 0 fully saturated rings. The maximum absolute atomic E-state index is 11.4. The molecule has 1 rings (SSSR count). The molecule has 0 bridgehead atoms. The number of rotatable bonds is 6. The molecule has 1 N–H and O–H groups in total. The molecule has 1 aromatic rings. The van der Waals surface area contributed by atoms with Crippen LogP contribution in [0.15, 0.2) is 6.07 Å². The van der Waals surface area contributed by atoms with Gasteiger partial charge in [-0.15, -0.1) is 11.3 Å². The molecular formula is C14H23NO2S. The molecular weight excluding hydrogens is 246 g/mol. The molecule has 0 aromatic carbocycles. The highest BCUT2D eigenvalue weighted by atomic mass is 32.1. The van der Waals surface area contributed by atoms with Crippen LogP contribution in [-0.4, -0.2) is 18.6 Å². The van der Waals surface area contributed by atoms with E-state index in [0.717, 1.165) is 0 Å². The van der Waals surface area contributed by atoms with Crippen LogP contribution >= 0.6 is 11.3 Å². The third-order valence-corrected chi connectivity index (χ3v) is 3.84. The molecule has 0 aliphatic rings. The van der Waals surface area contributed by atoms with Crippen LogP contribution in [-0.2, 0) is 9.53 Å². The summed E-state index contributed by atoms with van der Waals surface area (Å²) in [5.74, 6) is -0.136. The third-order valence-electron chi connectivity index (χ3n) is 2.86. The van der Waals surface area contributed by atoms with Crippen molar-refractivity contribution in [2.75, 3.05) is 6.61 Å². The second-order valence-corrected chi connectivity index (χ2v) is 6.13. The molecule has 0 aliphatic heterocycles. The summed E-state index contributed by atoms with van der Waals surface area (Å²) >= 11 is 1.82. The zero-order valence-corrected chi connectivity index (χ0v) is 12.7. The highest BCUT2D eigenvalue weighted by Crippen LogP contribution is 2.26. The van der Waals surface area contributed by atoms with Gasteiger partial charge >= 0.3 is 5.97 Å². The smallest absolute Gasteiger partial charge is 0.307 e. The molecule has 1 aromatic heterocycles. The maximum atomic E-state index is 11.4. The van der Waals surface area contributed by atoms with Gasteiger partial charge in [0.2, 0.25) is 0 Å². The number of hydrogen-bond donors (Lipinski definition) is 1. The highest BCUT2D eigenvalue weighted by Gasteiger charge is 2.16. The van der Waals surface area contributed by atoms with Gasteiger partial charge in [-0.05, 0) is 46.2 Å². The monoisotopic (exact) mass is 269 g/mol. The molecule has 1 heterocycles. The lowest BCUT2D eigenvalue weighted by molar-refractivity contribution is -0.143. The number of thiophene rings is 1. The minimum atomic E-state index is -0.136. The van der Waals surface area contributed by atoms with E-state index in [9.17, 15) is 4.79 Å². The maximum Gasteiger partial charge on any atom is 0.307 e. The van der Waals surface area contributed by atoms with Crippen LogP contribution < -0.4 is 5.32 Å². The lowest BCUT2D eigenvalue weighted by Crippen LogP contribution is -2.31. The molecule has 18 heavy (non-hydrogen) atoms. The molecule has 2 unspecified atom stereocenters. The Kier molecular flexibility index (Phi) is 5.82. The standard InChI is InChI=1S/C14H23NO2S/c1-6-17-14(16)7-9(2)15-11(4)13-8-10(3)18-12(13)5/h8-9,11,15H,6-7H2,1-5H3. The van der Waals surface area contributed by atoms with Crippen molar-refractivity contribution in [3.63, 3.8) is 0 Å². The predicted octanol–water partition coefficient (Wildman–Crippen LogP) is 3.36. The molecule has 0 saturated heterocycles. The number of esters is 1.